The standard InChI is InChI=1S/C28H36N2/c1-17(2)29(18(3)4)25-13-21-9-11-23-15-26(30(19(5)6)20(7)8)16-24-12-10-22(14-25)27(21)28(23)24/h9-20H,1-8H3. The second-order valence-corrected chi connectivity index (χ2v) is 9.85. The van der Waals surface area contributed by atoms with E-state index in [0.29, 0.717) is 24.2 Å². The molecule has 0 aromatic heterocycles. The van der Waals surface area contributed by atoms with E-state index in [-0.39, 0.29) is 0 Å². The molecular weight excluding hydrogens is 364 g/mol. The monoisotopic (exact) mass is 400 g/mol. The molecule has 0 bridgehead atoms. The van der Waals surface area contributed by atoms with Gasteiger partial charge in [0.15, 0.2) is 0 Å². The highest BCUT2D eigenvalue weighted by Crippen LogP contribution is 2.40. The number of hydrogen-bond donors (Lipinski definition) is 0. The van der Waals surface area contributed by atoms with Crippen LogP contribution in [0.2, 0.25) is 0 Å². The van der Waals surface area contributed by atoms with Gasteiger partial charge in [0, 0.05) is 35.5 Å². The lowest BCUT2D eigenvalue weighted by Gasteiger charge is -2.34. The third-order valence-corrected chi connectivity index (χ3v) is 6.32. The van der Waals surface area contributed by atoms with E-state index in [0.717, 1.165) is 0 Å². The zero-order valence-electron chi connectivity index (χ0n) is 19.8. The summed E-state index contributed by atoms with van der Waals surface area (Å²) < 4.78 is 0. The van der Waals surface area contributed by atoms with Crippen molar-refractivity contribution in [3.63, 3.8) is 0 Å². The number of rotatable bonds is 6. The van der Waals surface area contributed by atoms with Gasteiger partial charge in [0.1, 0.15) is 0 Å². The van der Waals surface area contributed by atoms with E-state index in [9.17, 15) is 0 Å². The number of nitrogens with zero attached hydrogens (tertiary/aromatic N) is 2. The van der Waals surface area contributed by atoms with Crippen molar-refractivity contribution in [2.75, 3.05) is 9.80 Å². The van der Waals surface area contributed by atoms with Crippen LogP contribution in [0.25, 0.3) is 32.3 Å². The van der Waals surface area contributed by atoms with Gasteiger partial charge in [0.25, 0.3) is 0 Å². The van der Waals surface area contributed by atoms with Crippen molar-refractivity contribution < 1.29 is 0 Å². The van der Waals surface area contributed by atoms with Crippen LogP contribution < -0.4 is 9.80 Å². The van der Waals surface area contributed by atoms with Crippen molar-refractivity contribution in [2.24, 2.45) is 0 Å². The molecule has 0 fully saturated rings. The predicted molar refractivity (Wildman–Crippen MR) is 136 cm³/mol. The Balaban J connectivity index is 1.96. The Morgan fingerprint density at radius 2 is 0.667 bits per heavy atom. The molecule has 0 saturated heterocycles. The van der Waals surface area contributed by atoms with Crippen molar-refractivity contribution in [3.8, 4) is 0 Å². The highest BCUT2D eigenvalue weighted by Gasteiger charge is 2.19. The maximum absolute atomic E-state index is 2.51. The third-order valence-electron chi connectivity index (χ3n) is 6.32. The van der Waals surface area contributed by atoms with E-state index in [4.69, 9.17) is 0 Å². The summed E-state index contributed by atoms with van der Waals surface area (Å²) >= 11 is 0. The molecule has 0 atom stereocenters. The highest BCUT2D eigenvalue weighted by atomic mass is 15.2. The first-order valence-corrected chi connectivity index (χ1v) is 11.5. The maximum atomic E-state index is 2.51. The highest BCUT2D eigenvalue weighted by molar-refractivity contribution is 6.24. The first-order valence-electron chi connectivity index (χ1n) is 11.5. The Morgan fingerprint density at radius 1 is 0.433 bits per heavy atom. The van der Waals surface area contributed by atoms with Crippen LogP contribution in [0.5, 0.6) is 0 Å². The zero-order valence-corrected chi connectivity index (χ0v) is 19.8. The molecular formula is C28H36N2. The second kappa shape index (κ2) is 7.65. The smallest absolute Gasteiger partial charge is 0.0383 e. The molecule has 0 radical (unpaired) electrons. The maximum Gasteiger partial charge on any atom is 0.0383 e. The van der Waals surface area contributed by atoms with E-state index in [1.165, 1.54) is 43.7 Å². The average molecular weight is 401 g/mol. The van der Waals surface area contributed by atoms with Gasteiger partial charge in [-0.1, -0.05) is 24.3 Å². The van der Waals surface area contributed by atoms with Crippen LogP contribution >= 0.6 is 0 Å². The fourth-order valence-electron chi connectivity index (χ4n) is 5.49. The normalized spacial score (nSPS) is 12.5. The summed E-state index contributed by atoms with van der Waals surface area (Å²) in [5.41, 5.74) is 2.63. The van der Waals surface area contributed by atoms with Crippen LogP contribution in [-0.2, 0) is 0 Å². The van der Waals surface area contributed by atoms with Crippen LogP contribution in [0.15, 0.2) is 48.5 Å². The van der Waals surface area contributed by atoms with Gasteiger partial charge in [-0.3, -0.25) is 0 Å². The lowest BCUT2D eigenvalue weighted by atomic mass is 9.92. The van der Waals surface area contributed by atoms with Gasteiger partial charge in [0.2, 0.25) is 0 Å². The van der Waals surface area contributed by atoms with E-state index in [2.05, 4.69) is 114 Å². The minimum atomic E-state index is 0.471. The molecule has 0 amide bonds. The molecule has 0 aliphatic rings. The minimum Gasteiger partial charge on any atom is -0.367 e. The van der Waals surface area contributed by atoms with E-state index in [1.807, 2.05) is 0 Å². The van der Waals surface area contributed by atoms with Gasteiger partial charge in [-0.25, -0.2) is 0 Å². The Bertz CT molecular complexity index is 994. The quantitative estimate of drug-likeness (QED) is 0.304. The lowest BCUT2D eigenvalue weighted by molar-refractivity contribution is 0.608. The molecule has 0 N–H and O–H groups in total. The van der Waals surface area contributed by atoms with Gasteiger partial charge in [-0.2, -0.15) is 0 Å². The van der Waals surface area contributed by atoms with Crippen LogP contribution in [0.1, 0.15) is 55.4 Å². The topological polar surface area (TPSA) is 6.48 Å². The van der Waals surface area contributed by atoms with Crippen LogP contribution in [-0.4, -0.2) is 24.2 Å². The molecule has 0 unspecified atom stereocenters. The first-order chi connectivity index (χ1) is 14.2. The fraction of sp³-hybridized carbons (Fsp3) is 0.429. The molecule has 0 spiro atoms. The minimum absolute atomic E-state index is 0.471. The number of benzene rings is 4. The van der Waals surface area contributed by atoms with Crippen LogP contribution in [0.4, 0.5) is 11.4 Å². The van der Waals surface area contributed by atoms with Gasteiger partial charge in [-0.05, 0) is 112 Å². The molecule has 0 heterocycles. The summed E-state index contributed by atoms with van der Waals surface area (Å²) in [6, 6.07) is 20.6. The summed E-state index contributed by atoms with van der Waals surface area (Å²) in [6.45, 7) is 18.2. The number of anilines is 2. The summed E-state index contributed by atoms with van der Waals surface area (Å²) in [5.74, 6) is 0. The van der Waals surface area contributed by atoms with E-state index < -0.39 is 0 Å². The summed E-state index contributed by atoms with van der Waals surface area (Å²) in [7, 11) is 0. The second-order valence-electron chi connectivity index (χ2n) is 9.85. The molecule has 4 aromatic carbocycles. The molecule has 30 heavy (non-hydrogen) atoms. The summed E-state index contributed by atoms with van der Waals surface area (Å²) in [5, 5.41) is 8.14. The van der Waals surface area contributed by atoms with E-state index >= 15 is 0 Å². The van der Waals surface area contributed by atoms with Gasteiger partial charge >= 0.3 is 0 Å². The Hall–Kier alpha value is -2.48. The molecule has 158 valence electrons. The van der Waals surface area contributed by atoms with Crippen molar-refractivity contribution in [2.45, 2.75) is 79.6 Å². The van der Waals surface area contributed by atoms with Crippen LogP contribution in [0.3, 0.4) is 0 Å². The van der Waals surface area contributed by atoms with E-state index in [1.54, 1.807) is 0 Å². The predicted octanol–water partition coefficient (Wildman–Crippen LogP) is 7.83. The van der Waals surface area contributed by atoms with Crippen molar-refractivity contribution in [3.05, 3.63) is 48.5 Å². The molecule has 2 heteroatoms. The molecule has 2 nitrogen and oxygen atoms in total. The van der Waals surface area contributed by atoms with Crippen molar-refractivity contribution >= 4 is 43.7 Å². The molecule has 4 rings (SSSR count). The molecule has 0 saturated carbocycles. The SMILES string of the molecule is CC(C)N(c1cc2ccc3cc(N(C(C)C)C(C)C)cc4ccc(c1)c2c34)C(C)C. The molecule has 4 aromatic rings. The van der Waals surface area contributed by atoms with Gasteiger partial charge in [-0.15, -0.1) is 0 Å². The van der Waals surface area contributed by atoms with Crippen molar-refractivity contribution in [1.82, 2.24) is 0 Å². The van der Waals surface area contributed by atoms with Crippen LogP contribution in [0, 0.1) is 0 Å². The summed E-state index contributed by atoms with van der Waals surface area (Å²) in [6.07, 6.45) is 0. The number of hydrogen-bond acceptors (Lipinski definition) is 2. The van der Waals surface area contributed by atoms with Crippen molar-refractivity contribution in [1.29, 1.82) is 0 Å². The fourth-order valence-corrected chi connectivity index (χ4v) is 5.49. The molecule has 0 aliphatic carbocycles. The zero-order chi connectivity index (χ0) is 21.7. The first kappa shape index (κ1) is 20.8. The average Bonchev–Trinajstić information content (AvgIpc) is 2.64. The largest absolute Gasteiger partial charge is 0.367 e. The third kappa shape index (κ3) is 3.37. The lowest BCUT2D eigenvalue weighted by Crippen LogP contribution is -2.37. The van der Waals surface area contributed by atoms with Gasteiger partial charge < -0.3 is 9.80 Å². The Morgan fingerprint density at radius 3 is 0.867 bits per heavy atom. The Kier molecular flexibility index (Phi) is 5.30. The molecule has 0 aliphatic heterocycles. The summed E-state index contributed by atoms with van der Waals surface area (Å²) in [4.78, 5) is 5.02. The Labute approximate surface area is 181 Å². The van der Waals surface area contributed by atoms with Gasteiger partial charge in [0.05, 0.1) is 0 Å².